The zero-order chi connectivity index (χ0) is 15.1. The summed E-state index contributed by atoms with van der Waals surface area (Å²) in [6.07, 6.45) is 3.23. The monoisotopic (exact) mass is 288 g/mol. The summed E-state index contributed by atoms with van der Waals surface area (Å²) < 4.78 is 7.77. The van der Waals surface area contributed by atoms with Gasteiger partial charge in [0.15, 0.2) is 0 Å². The molecule has 0 aliphatic heterocycles. The van der Waals surface area contributed by atoms with Crippen molar-refractivity contribution in [2.24, 2.45) is 5.73 Å². The molecule has 1 heterocycles. The maximum absolute atomic E-state index is 5.86. The van der Waals surface area contributed by atoms with Crippen LogP contribution in [-0.4, -0.2) is 15.0 Å². The van der Waals surface area contributed by atoms with Crippen molar-refractivity contribution >= 4 is 0 Å². The van der Waals surface area contributed by atoms with Crippen LogP contribution in [0.2, 0.25) is 0 Å². The normalized spacial score (nSPS) is 10.8. The molecule has 0 aliphatic rings. The van der Waals surface area contributed by atoms with Gasteiger partial charge in [0.25, 0.3) is 0 Å². The lowest BCUT2D eigenvalue weighted by Crippen LogP contribution is -2.11. The molecule has 0 saturated carbocycles. The molecular formula is C16H24N4O. The van der Waals surface area contributed by atoms with E-state index in [1.54, 1.807) is 0 Å². The molecule has 0 saturated heterocycles. The molecule has 1 aromatic heterocycles. The predicted octanol–water partition coefficient (Wildman–Crippen LogP) is 2.68. The largest absolute Gasteiger partial charge is 0.487 e. The lowest BCUT2D eigenvalue weighted by Gasteiger charge is -2.10. The second-order valence-corrected chi connectivity index (χ2v) is 5.05. The number of hydrogen-bond acceptors (Lipinski definition) is 4. The SMILES string of the molecule is CCCCn1nnc(CN)c1COc1ccc(CC)cc1. The third kappa shape index (κ3) is 4.04. The molecule has 5 nitrogen and oxygen atoms in total. The number of rotatable bonds is 8. The zero-order valence-electron chi connectivity index (χ0n) is 12.9. The zero-order valence-corrected chi connectivity index (χ0v) is 12.9. The highest BCUT2D eigenvalue weighted by Crippen LogP contribution is 2.16. The number of unbranched alkanes of at least 4 members (excludes halogenated alkanes) is 1. The number of nitrogens with two attached hydrogens (primary N) is 1. The molecule has 0 aliphatic carbocycles. The molecule has 0 spiro atoms. The first kappa shape index (κ1) is 15.5. The Bertz CT molecular complexity index is 548. The highest BCUT2D eigenvalue weighted by atomic mass is 16.5. The second-order valence-electron chi connectivity index (χ2n) is 5.05. The van der Waals surface area contributed by atoms with Crippen molar-refractivity contribution in [3.8, 4) is 5.75 Å². The van der Waals surface area contributed by atoms with Gasteiger partial charge in [0.2, 0.25) is 0 Å². The van der Waals surface area contributed by atoms with Gasteiger partial charge in [-0.15, -0.1) is 5.10 Å². The molecule has 0 amide bonds. The van der Waals surface area contributed by atoms with E-state index in [-0.39, 0.29) is 0 Å². The smallest absolute Gasteiger partial charge is 0.132 e. The summed E-state index contributed by atoms with van der Waals surface area (Å²) in [4.78, 5) is 0. The third-order valence-electron chi connectivity index (χ3n) is 3.54. The van der Waals surface area contributed by atoms with Crippen LogP contribution >= 0.6 is 0 Å². The Hall–Kier alpha value is -1.88. The molecule has 0 bridgehead atoms. The number of benzene rings is 1. The summed E-state index contributed by atoms with van der Waals surface area (Å²) >= 11 is 0. The van der Waals surface area contributed by atoms with Crippen LogP contribution in [0.4, 0.5) is 0 Å². The molecule has 21 heavy (non-hydrogen) atoms. The van der Waals surface area contributed by atoms with Gasteiger partial charge >= 0.3 is 0 Å². The van der Waals surface area contributed by atoms with Gasteiger partial charge in [-0.1, -0.05) is 37.6 Å². The van der Waals surface area contributed by atoms with Crippen LogP contribution in [0.5, 0.6) is 5.75 Å². The van der Waals surface area contributed by atoms with Crippen molar-refractivity contribution in [1.82, 2.24) is 15.0 Å². The first-order chi connectivity index (χ1) is 10.3. The molecule has 2 rings (SSSR count). The molecule has 1 aromatic carbocycles. The Balaban J connectivity index is 2.04. The number of nitrogens with zero attached hydrogens (tertiary/aromatic N) is 3. The van der Waals surface area contributed by atoms with Gasteiger partial charge in [0, 0.05) is 13.1 Å². The Morgan fingerprint density at radius 1 is 1.19 bits per heavy atom. The summed E-state index contributed by atoms with van der Waals surface area (Å²) in [6.45, 7) is 6.00. The summed E-state index contributed by atoms with van der Waals surface area (Å²) in [5.41, 5.74) is 8.83. The fourth-order valence-corrected chi connectivity index (χ4v) is 2.15. The van der Waals surface area contributed by atoms with Crippen LogP contribution in [0.25, 0.3) is 0 Å². The first-order valence-corrected chi connectivity index (χ1v) is 7.61. The maximum atomic E-state index is 5.86. The highest BCUT2D eigenvalue weighted by Gasteiger charge is 2.12. The molecule has 0 radical (unpaired) electrons. The Labute approximate surface area is 126 Å². The second kappa shape index (κ2) is 7.78. The summed E-state index contributed by atoms with van der Waals surface area (Å²) in [7, 11) is 0. The van der Waals surface area contributed by atoms with Crippen molar-refractivity contribution in [2.45, 2.75) is 52.8 Å². The summed E-state index contributed by atoms with van der Waals surface area (Å²) in [6, 6.07) is 8.18. The van der Waals surface area contributed by atoms with Crippen LogP contribution in [-0.2, 0) is 26.1 Å². The van der Waals surface area contributed by atoms with E-state index in [9.17, 15) is 0 Å². The average molecular weight is 288 g/mol. The fraction of sp³-hybridized carbons (Fsp3) is 0.500. The van der Waals surface area contributed by atoms with Crippen LogP contribution in [0.1, 0.15) is 43.6 Å². The lowest BCUT2D eigenvalue weighted by atomic mass is 10.2. The van der Waals surface area contributed by atoms with Crippen molar-refractivity contribution < 1.29 is 4.74 Å². The molecule has 2 aromatic rings. The van der Waals surface area contributed by atoms with Gasteiger partial charge in [-0.2, -0.15) is 0 Å². The van der Waals surface area contributed by atoms with Crippen LogP contribution < -0.4 is 10.5 Å². The van der Waals surface area contributed by atoms with E-state index < -0.39 is 0 Å². The van der Waals surface area contributed by atoms with E-state index in [0.717, 1.165) is 42.9 Å². The maximum Gasteiger partial charge on any atom is 0.132 e. The van der Waals surface area contributed by atoms with Gasteiger partial charge < -0.3 is 10.5 Å². The minimum atomic E-state index is 0.388. The molecule has 0 unspecified atom stereocenters. The van der Waals surface area contributed by atoms with E-state index in [1.165, 1.54) is 5.56 Å². The molecule has 0 fully saturated rings. The van der Waals surface area contributed by atoms with E-state index in [0.29, 0.717) is 13.2 Å². The van der Waals surface area contributed by atoms with Crippen molar-refractivity contribution in [2.75, 3.05) is 0 Å². The van der Waals surface area contributed by atoms with E-state index >= 15 is 0 Å². The molecular weight excluding hydrogens is 264 g/mol. The van der Waals surface area contributed by atoms with Crippen molar-refractivity contribution in [3.63, 3.8) is 0 Å². The Kier molecular flexibility index (Phi) is 5.75. The first-order valence-electron chi connectivity index (χ1n) is 7.61. The third-order valence-corrected chi connectivity index (χ3v) is 3.54. The molecule has 114 valence electrons. The Morgan fingerprint density at radius 2 is 1.95 bits per heavy atom. The van der Waals surface area contributed by atoms with Crippen molar-refractivity contribution in [3.05, 3.63) is 41.2 Å². The average Bonchev–Trinajstić information content (AvgIpc) is 2.93. The fourth-order valence-electron chi connectivity index (χ4n) is 2.15. The van der Waals surface area contributed by atoms with Gasteiger partial charge in [0.1, 0.15) is 23.7 Å². The van der Waals surface area contributed by atoms with Gasteiger partial charge in [0.05, 0.1) is 0 Å². The number of hydrogen-bond donors (Lipinski definition) is 1. The summed E-state index contributed by atoms with van der Waals surface area (Å²) in [5, 5.41) is 8.31. The van der Waals surface area contributed by atoms with Gasteiger partial charge in [-0.3, -0.25) is 0 Å². The lowest BCUT2D eigenvalue weighted by molar-refractivity contribution is 0.289. The minimum Gasteiger partial charge on any atom is -0.487 e. The predicted molar refractivity (Wildman–Crippen MR) is 83.0 cm³/mol. The van der Waals surface area contributed by atoms with Crippen LogP contribution in [0.3, 0.4) is 0 Å². The highest BCUT2D eigenvalue weighted by molar-refractivity contribution is 5.27. The minimum absolute atomic E-state index is 0.388. The van der Waals surface area contributed by atoms with E-state index in [2.05, 4.69) is 36.3 Å². The standard InChI is InChI=1S/C16H24N4O/c1-3-5-10-20-16(15(11-17)18-19-20)12-21-14-8-6-13(4-2)7-9-14/h6-9H,3-5,10-12,17H2,1-2H3. The van der Waals surface area contributed by atoms with Gasteiger partial charge in [-0.25, -0.2) is 4.68 Å². The number of aromatic nitrogens is 3. The van der Waals surface area contributed by atoms with E-state index in [4.69, 9.17) is 10.5 Å². The quantitative estimate of drug-likeness (QED) is 0.811. The van der Waals surface area contributed by atoms with Crippen LogP contribution in [0, 0.1) is 0 Å². The molecule has 5 heteroatoms. The van der Waals surface area contributed by atoms with Crippen molar-refractivity contribution in [1.29, 1.82) is 0 Å². The Morgan fingerprint density at radius 3 is 2.57 bits per heavy atom. The number of aryl methyl sites for hydroxylation is 2. The topological polar surface area (TPSA) is 66.0 Å². The number of ether oxygens (including phenoxy) is 1. The molecule has 0 atom stereocenters. The van der Waals surface area contributed by atoms with Gasteiger partial charge in [-0.05, 0) is 30.5 Å². The van der Waals surface area contributed by atoms with Crippen LogP contribution in [0.15, 0.2) is 24.3 Å². The van der Waals surface area contributed by atoms with E-state index in [1.807, 2.05) is 16.8 Å². The summed E-state index contributed by atoms with van der Waals surface area (Å²) in [5.74, 6) is 0.860. The molecule has 2 N–H and O–H groups in total.